The third kappa shape index (κ3) is 2.62. The van der Waals surface area contributed by atoms with Crippen LogP contribution in [-0.2, 0) is 14.9 Å². The maximum absolute atomic E-state index is 13.0. The highest BCUT2D eigenvalue weighted by atomic mass is 16.6. The van der Waals surface area contributed by atoms with Gasteiger partial charge in [-0.2, -0.15) is 0 Å². The molecule has 2 amide bonds. The van der Waals surface area contributed by atoms with E-state index in [1.165, 1.54) is 22.3 Å². The molecule has 5 heteroatoms. The van der Waals surface area contributed by atoms with Crippen LogP contribution in [0.25, 0.3) is 11.1 Å². The number of carbonyl (C=O) groups is 2. The van der Waals surface area contributed by atoms with E-state index < -0.39 is 5.41 Å². The van der Waals surface area contributed by atoms with Crippen molar-refractivity contribution in [1.82, 2.24) is 4.90 Å². The van der Waals surface area contributed by atoms with Crippen molar-refractivity contribution >= 4 is 17.7 Å². The van der Waals surface area contributed by atoms with Crippen LogP contribution in [-0.4, -0.2) is 36.6 Å². The molecule has 0 unspecified atom stereocenters. The van der Waals surface area contributed by atoms with Crippen molar-refractivity contribution in [3.63, 3.8) is 0 Å². The molecule has 2 aliphatic heterocycles. The van der Waals surface area contributed by atoms with E-state index in [0.717, 1.165) is 11.3 Å². The molecule has 1 fully saturated rings. The lowest BCUT2D eigenvalue weighted by molar-refractivity contribution is -0.120. The second-order valence-corrected chi connectivity index (χ2v) is 8.56. The Morgan fingerprint density at radius 1 is 0.968 bits per heavy atom. The minimum Gasteiger partial charge on any atom is -0.448 e. The van der Waals surface area contributed by atoms with E-state index >= 15 is 0 Å². The predicted molar refractivity (Wildman–Crippen MR) is 118 cm³/mol. The van der Waals surface area contributed by atoms with Gasteiger partial charge in [0, 0.05) is 24.7 Å². The van der Waals surface area contributed by atoms with E-state index in [9.17, 15) is 9.59 Å². The molecule has 3 aromatic rings. The van der Waals surface area contributed by atoms with Crippen molar-refractivity contribution in [2.75, 3.05) is 25.0 Å². The second-order valence-electron chi connectivity index (χ2n) is 8.56. The fourth-order valence-electron chi connectivity index (χ4n) is 5.43. The van der Waals surface area contributed by atoms with Gasteiger partial charge in [0.15, 0.2) is 0 Å². The summed E-state index contributed by atoms with van der Waals surface area (Å²) in [6.45, 7) is 1.16. The number of likely N-dealkylation sites (tertiary alicyclic amines) is 1. The first kappa shape index (κ1) is 18.2. The fourth-order valence-corrected chi connectivity index (χ4v) is 5.43. The number of para-hydroxylation sites is 1. The number of fused-ring (bicyclic) bond motifs is 5. The van der Waals surface area contributed by atoms with E-state index in [1.807, 2.05) is 48.5 Å². The smallest absolute Gasteiger partial charge is 0.409 e. The molecule has 0 aromatic heterocycles. The number of benzene rings is 3. The molecule has 0 radical (unpaired) electrons. The van der Waals surface area contributed by atoms with Gasteiger partial charge in [-0.3, -0.25) is 4.79 Å². The van der Waals surface area contributed by atoms with Crippen molar-refractivity contribution in [2.45, 2.75) is 17.8 Å². The summed E-state index contributed by atoms with van der Waals surface area (Å²) in [7, 11) is 0. The highest BCUT2D eigenvalue weighted by molar-refractivity contribution is 6.07. The van der Waals surface area contributed by atoms with E-state index in [4.69, 9.17) is 4.74 Å². The average molecular weight is 410 g/mol. The first-order valence-electron chi connectivity index (χ1n) is 10.7. The first-order valence-corrected chi connectivity index (χ1v) is 10.7. The minimum atomic E-state index is -0.665. The number of hydrogen-bond acceptors (Lipinski definition) is 3. The van der Waals surface area contributed by atoms with Crippen molar-refractivity contribution in [3.8, 4) is 11.1 Å². The molecule has 0 bridgehead atoms. The molecule has 1 saturated heterocycles. The maximum atomic E-state index is 13.0. The quantitative estimate of drug-likeness (QED) is 0.675. The lowest BCUT2D eigenvalue weighted by atomic mass is 9.81. The molecule has 5 nitrogen and oxygen atoms in total. The molecule has 154 valence electrons. The van der Waals surface area contributed by atoms with Crippen molar-refractivity contribution in [3.05, 3.63) is 89.5 Å². The van der Waals surface area contributed by atoms with Crippen molar-refractivity contribution in [2.24, 2.45) is 0 Å². The Bertz CT molecular complexity index is 1180. The fraction of sp³-hybridized carbons (Fsp3) is 0.231. The molecule has 2 heterocycles. The maximum Gasteiger partial charge on any atom is 0.409 e. The van der Waals surface area contributed by atoms with Crippen LogP contribution < -0.4 is 5.32 Å². The molecule has 1 atom stereocenters. The summed E-state index contributed by atoms with van der Waals surface area (Å²) >= 11 is 0. The number of carbonyl (C=O) groups excluding carboxylic acids is 2. The van der Waals surface area contributed by atoms with Gasteiger partial charge in [0.1, 0.15) is 6.61 Å². The van der Waals surface area contributed by atoms with Crippen LogP contribution >= 0.6 is 0 Å². The monoisotopic (exact) mass is 410 g/mol. The summed E-state index contributed by atoms with van der Waals surface area (Å²) in [5, 5.41) is 2.97. The van der Waals surface area contributed by atoms with Gasteiger partial charge in [0.2, 0.25) is 5.91 Å². The van der Waals surface area contributed by atoms with Gasteiger partial charge in [-0.25, -0.2) is 4.79 Å². The molecule has 1 aliphatic carbocycles. The third-order valence-corrected chi connectivity index (χ3v) is 6.99. The Morgan fingerprint density at radius 2 is 1.61 bits per heavy atom. The summed E-state index contributed by atoms with van der Waals surface area (Å²) in [4.78, 5) is 27.4. The molecule has 1 spiro atoms. The molecule has 6 rings (SSSR count). The topological polar surface area (TPSA) is 58.6 Å². The standard InChI is InChI=1S/C26H22N2O3/c29-24-26(22-11-5-6-12-23(22)27-24)13-14-28(16-26)25(30)31-15-21-19-9-3-1-7-17(19)18-8-2-4-10-20(18)21/h1-12,21H,13-16H2,(H,27,29)/t26-/m0/s1. The van der Waals surface area contributed by atoms with E-state index in [1.54, 1.807) is 4.90 Å². The predicted octanol–water partition coefficient (Wildman–Crippen LogP) is 4.53. The molecule has 1 N–H and O–H groups in total. The summed E-state index contributed by atoms with van der Waals surface area (Å²) in [5.74, 6) is 0.00562. The lowest BCUT2D eigenvalue weighted by Crippen LogP contribution is -2.39. The van der Waals surface area contributed by atoms with Gasteiger partial charge in [-0.05, 0) is 40.3 Å². The Kier molecular flexibility index (Phi) is 3.93. The van der Waals surface area contributed by atoms with Gasteiger partial charge >= 0.3 is 6.09 Å². The molecule has 3 aromatic carbocycles. The van der Waals surface area contributed by atoms with Crippen LogP contribution in [0, 0.1) is 0 Å². The molecule has 0 saturated carbocycles. The van der Waals surface area contributed by atoms with Crippen LogP contribution in [0.2, 0.25) is 0 Å². The Balaban J connectivity index is 1.20. The summed E-state index contributed by atoms with van der Waals surface area (Å²) in [5.41, 5.74) is 5.96. The number of amides is 2. The zero-order chi connectivity index (χ0) is 21.0. The van der Waals surface area contributed by atoms with E-state index in [2.05, 4.69) is 29.6 Å². The van der Waals surface area contributed by atoms with Gasteiger partial charge in [0.05, 0.1) is 5.41 Å². The first-order chi connectivity index (χ1) is 15.2. The van der Waals surface area contributed by atoms with Crippen LogP contribution in [0.4, 0.5) is 10.5 Å². The SMILES string of the molecule is O=C(OCC1c2ccccc2-c2ccccc21)N1CC[C@@]2(C1)C(=O)Nc1ccccc12. The van der Waals surface area contributed by atoms with E-state index in [0.29, 0.717) is 26.1 Å². The van der Waals surface area contributed by atoms with Crippen LogP contribution in [0.3, 0.4) is 0 Å². The minimum absolute atomic E-state index is 0.0253. The Labute approximate surface area is 180 Å². The summed E-state index contributed by atoms with van der Waals surface area (Å²) in [6, 6.07) is 24.3. The average Bonchev–Trinajstić information content (AvgIpc) is 3.47. The largest absolute Gasteiger partial charge is 0.448 e. The molecular formula is C26H22N2O3. The van der Waals surface area contributed by atoms with Gasteiger partial charge in [-0.1, -0.05) is 66.7 Å². The number of anilines is 1. The number of ether oxygens (including phenoxy) is 1. The Morgan fingerprint density at radius 3 is 2.35 bits per heavy atom. The second kappa shape index (κ2) is 6.71. The lowest BCUT2D eigenvalue weighted by Gasteiger charge is -2.23. The van der Waals surface area contributed by atoms with Gasteiger partial charge in [-0.15, -0.1) is 0 Å². The number of nitrogens with zero attached hydrogens (tertiary/aromatic N) is 1. The zero-order valence-corrected chi connectivity index (χ0v) is 17.0. The van der Waals surface area contributed by atoms with Crippen molar-refractivity contribution < 1.29 is 14.3 Å². The Hall–Kier alpha value is -3.60. The van der Waals surface area contributed by atoms with Gasteiger partial charge < -0.3 is 15.0 Å². The van der Waals surface area contributed by atoms with Gasteiger partial charge in [0.25, 0.3) is 0 Å². The summed E-state index contributed by atoms with van der Waals surface area (Å²) < 4.78 is 5.80. The summed E-state index contributed by atoms with van der Waals surface area (Å²) in [6.07, 6.45) is 0.260. The van der Waals surface area contributed by atoms with Crippen LogP contribution in [0.5, 0.6) is 0 Å². The normalized spacial score (nSPS) is 21.0. The highest BCUT2D eigenvalue weighted by Gasteiger charge is 2.52. The third-order valence-electron chi connectivity index (χ3n) is 6.99. The number of nitrogens with one attached hydrogen (secondary N) is 1. The van der Waals surface area contributed by atoms with Crippen LogP contribution in [0.15, 0.2) is 72.8 Å². The van der Waals surface area contributed by atoms with Crippen LogP contribution in [0.1, 0.15) is 29.0 Å². The van der Waals surface area contributed by atoms with E-state index in [-0.39, 0.29) is 17.9 Å². The molecule has 31 heavy (non-hydrogen) atoms. The zero-order valence-electron chi connectivity index (χ0n) is 17.0. The number of hydrogen-bond donors (Lipinski definition) is 1. The number of rotatable bonds is 2. The highest BCUT2D eigenvalue weighted by Crippen LogP contribution is 2.46. The van der Waals surface area contributed by atoms with Crippen molar-refractivity contribution in [1.29, 1.82) is 0 Å². The molecule has 3 aliphatic rings. The molecular weight excluding hydrogens is 388 g/mol.